The summed E-state index contributed by atoms with van der Waals surface area (Å²) >= 11 is 0. The summed E-state index contributed by atoms with van der Waals surface area (Å²) in [6.07, 6.45) is 4.22. The topological polar surface area (TPSA) is 97.0 Å². The highest BCUT2D eigenvalue weighted by Gasteiger charge is 2.19. The fourth-order valence-corrected chi connectivity index (χ4v) is 3.01. The zero-order valence-corrected chi connectivity index (χ0v) is 14.1. The lowest BCUT2D eigenvalue weighted by atomic mass is 10.1. The Morgan fingerprint density at radius 1 is 1.15 bits per heavy atom. The molecule has 3 aromatic rings. The van der Waals surface area contributed by atoms with Crippen LogP contribution in [-0.4, -0.2) is 27.4 Å². The Hall–Kier alpha value is -3.48. The molecule has 0 unspecified atom stereocenters. The molecule has 2 aromatic heterocycles. The number of nitrogens with one attached hydrogen (secondary N) is 1. The maximum atomic E-state index is 12.5. The summed E-state index contributed by atoms with van der Waals surface area (Å²) in [4.78, 5) is 27.2. The lowest BCUT2D eigenvalue weighted by molar-refractivity contribution is 0.102. The van der Waals surface area contributed by atoms with Gasteiger partial charge >= 0.3 is 0 Å². The second-order valence-corrected chi connectivity index (χ2v) is 6.09. The average molecular weight is 346 g/mol. The van der Waals surface area contributed by atoms with Gasteiger partial charge in [-0.3, -0.25) is 9.78 Å². The van der Waals surface area contributed by atoms with Gasteiger partial charge in [-0.1, -0.05) is 18.2 Å². The number of pyridine rings is 1. The van der Waals surface area contributed by atoms with Crippen LogP contribution in [0.25, 0.3) is 0 Å². The van der Waals surface area contributed by atoms with Gasteiger partial charge in [0.15, 0.2) is 0 Å². The molecule has 3 heterocycles. The fraction of sp³-hybridized carbons (Fsp3) is 0.158. The summed E-state index contributed by atoms with van der Waals surface area (Å²) in [6, 6.07) is 13.0. The molecule has 130 valence electrons. The second-order valence-electron chi connectivity index (χ2n) is 6.09. The van der Waals surface area contributed by atoms with E-state index in [-0.39, 0.29) is 5.91 Å². The van der Waals surface area contributed by atoms with Gasteiger partial charge in [0.1, 0.15) is 5.69 Å². The molecule has 26 heavy (non-hydrogen) atoms. The van der Waals surface area contributed by atoms with Gasteiger partial charge < -0.3 is 16.0 Å². The Kier molecular flexibility index (Phi) is 4.18. The summed E-state index contributed by atoms with van der Waals surface area (Å²) < 4.78 is 0. The minimum Gasteiger partial charge on any atom is -0.368 e. The number of rotatable bonds is 3. The predicted molar refractivity (Wildman–Crippen MR) is 99.8 cm³/mol. The standard InChI is InChI=1S/C19H18N6O/c20-19-22-11-13-12-25(9-7-16(13)24-19)15-6-8-21-17(10-15)18(26)23-14-4-2-1-3-5-14/h1-6,8,10-11H,7,9,12H2,(H,23,26)(H2,20,22,24). The number of benzene rings is 1. The van der Waals surface area contributed by atoms with Crippen molar-refractivity contribution < 1.29 is 4.79 Å². The molecule has 3 N–H and O–H groups in total. The van der Waals surface area contributed by atoms with Gasteiger partial charge in [0.2, 0.25) is 5.95 Å². The van der Waals surface area contributed by atoms with Crippen molar-refractivity contribution in [2.75, 3.05) is 22.5 Å². The van der Waals surface area contributed by atoms with Gasteiger partial charge in [-0.25, -0.2) is 9.97 Å². The van der Waals surface area contributed by atoms with Gasteiger partial charge in [0.25, 0.3) is 5.91 Å². The van der Waals surface area contributed by atoms with E-state index in [0.29, 0.717) is 18.2 Å². The number of carbonyl (C=O) groups is 1. The molecule has 0 fully saturated rings. The Morgan fingerprint density at radius 2 is 2.00 bits per heavy atom. The van der Waals surface area contributed by atoms with Crippen LogP contribution in [0.3, 0.4) is 0 Å². The lowest BCUT2D eigenvalue weighted by Crippen LogP contribution is -2.31. The van der Waals surface area contributed by atoms with Gasteiger partial charge in [-0.15, -0.1) is 0 Å². The van der Waals surface area contributed by atoms with E-state index in [1.807, 2.05) is 36.4 Å². The highest BCUT2D eigenvalue weighted by molar-refractivity contribution is 6.03. The van der Waals surface area contributed by atoms with E-state index in [4.69, 9.17) is 5.73 Å². The molecule has 0 aliphatic carbocycles. The van der Waals surface area contributed by atoms with E-state index in [2.05, 4.69) is 25.2 Å². The Balaban J connectivity index is 1.53. The third-order valence-electron chi connectivity index (χ3n) is 4.33. The van der Waals surface area contributed by atoms with E-state index in [1.165, 1.54) is 0 Å². The van der Waals surface area contributed by atoms with Crippen LogP contribution in [0, 0.1) is 0 Å². The highest BCUT2D eigenvalue weighted by Crippen LogP contribution is 2.24. The monoisotopic (exact) mass is 346 g/mol. The minimum atomic E-state index is -0.230. The molecule has 7 heteroatoms. The second kappa shape index (κ2) is 6.79. The van der Waals surface area contributed by atoms with Crippen molar-refractivity contribution in [3.63, 3.8) is 0 Å². The van der Waals surface area contributed by atoms with Crippen molar-refractivity contribution in [1.29, 1.82) is 0 Å². The van der Waals surface area contributed by atoms with Gasteiger partial charge in [-0.05, 0) is 24.3 Å². The number of carbonyl (C=O) groups excluding carboxylic acids is 1. The predicted octanol–water partition coefficient (Wildman–Crippen LogP) is 2.27. The van der Waals surface area contributed by atoms with Crippen molar-refractivity contribution in [2.45, 2.75) is 13.0 Å². The molecule has 0 spiro atoms. The number of anilines is 3. The fourth-order valence-electron chi connectivity index (χ4n) is 3.01. The van der Waals surface area contributed by atoms with Crippen LogP contribution in [0.2, 0.25) is 0 Å². The van der Waals surface area contributed by atoms with E-state index < -0.39 is 0 Å². The first-order chi connectivity index (χ1) is 12.7. The third kappa shape index (κ3) is 3.32. The Morgan fingerprint density at radius 3 is 2.85 bits per heavy atom. The smallest absolute Gasteiger partial charge is 0.274 e. The molecule has 0 atom stereocenters. The quantitative estimate of drug-likeness (QED) is 0.755. The molecule has 7 nitrogen and oxygen atoms in total. The van der Waals surface area contributed by atoms with E-state index in [0.717, 1.165) is 35.6 Å². The zero-order valence-electron chi connectivity index (χ0n) is 14.1. The molecule has 1 aliphatic heterocycles. The normalized spacial score (nSPS) is 13.2. The molecule has 4 rings (SSSR count). The number of nitrogens with zero attached hydrogens (tertiary/aromatic N) is 4. The molecule has 1 amide bonds. The maximum absolute atomic E-state index is 12.5. The number of nitrogens with two attached hydrogens (primary N) is 1. The number of hydrogen-bond donors (Lipinski definition) is 2. The van der Waals surface area contributed by atoms with Crippen molar-refractivity contribution >= 4 is 23.2 Å². The third-order valence-corrected chi connectivity index (χ3v) is 4.33. The van der Waals surface area contributed by atoms with Gasteiger partial charge in [-0.2, -0.15) is 0 Å². The Bertz CT molecular complexity index is 944. The summed E-state index contributed by atoms with van der Waals surface area (Å²) in [5.74, 6) is 0.0764. The van der Waals surface area contributed by atoms with E-state index in [1.54, 1.807) is 18.5 Å². The SMILES string of the molecule is Nc1ncc2c(n1)CCN(c1ccnc(C(=O)Nc3ccccc3)c1)C2. The molecule has 0 bridgehead atoms. The summed E-state index contributed by atoms with van der Waals surface area (Å²) in [5.41, 5.74) is 9.77. The number of para-hydroxylation sites is 1. The zero-order chi connectivity index (χ0) is 17.9. The first kappa shape index (κ1) is 16.0. The number of nitrogen functional groups attached to an aromatic ring is 1. The molecule has 0 saturated heterocycles. The van der Waals surface area contributed by atoms with Crippen LogP contribution in [0.1, 0.15) is 21.7 Å². The first-order valence-corrected chi connectivity index (χ1v) is 8.37. The molecule has 0 radical (unpaired) electrons. The largest absolute Gasteiger partial charge is 0.368 e. The number of aromatic nitrogens is 3. The summed E-state index contributed by atoms with van der Waals surface area (Å²) in [7, 11) is 0. The molecule has 1 aliphatic rings. The number of amides is 1. The van der Waals surface area contributed by atoms with Crippen molar-refractivity contribution in [3.05, 3.63) is 71.8 Å². The van der Waals surface area contributed by atoms with Crippen LogP contribution >= 0.6 is 0 Å². The average Bonchev–Trinajstić information content (AvgIpc) is 2.68. The van der Waals surface area contributed by atoms with Gasteiger partial charge in [0, 0.05) is 48.8 Å². The lowest BCUT2D eigenvalue weighted by Gasteiger charge is -2.30. The van der Waals surface area contributed by atoms with Crippen LogP contribution < -0.4 is 16.0 Å². The molecular weight excluding hydrogens is 328 g/mol. The highest BCUT2D eigenvalue weighted by atomic mass is 16.1. The van der Waals surface area contributed by atoms with Gasteiger partial charge in [0.05, 0.1) is 5.69 Å². The molecule has 1 aromatic carbocycles. The summed E-state index contributed by atoms with van der Waals surface area (Å²) in [6.45, 7) is 1.48. The maximum Gasteiger partial charge on any atom is 0.274 e. The number of hydrogen-bond acceptors (Lipinski definition) is 6. The van der Waals surface area contributed by atoms with Crippen LogP contribution in [0.4, 0.5) is 17.3 Å². The van der Waals surface area contributed by atoms with Crippen molar-refractivity contribution in [2.24, 2.45) is 0 Å². The van der Waals surface area contributed by atoms with E-state index >= 15 is 0 Å². The van der Waals surface area contributed by atoms with Crippen LogP contribution in [0.15, 0.2) is 54.9 Å². The summed E-state index contributed by atoms with van der Waals surface area (Å²) in [5, 5.41) is 2.86. The number of fused-ring (bicyclic) bond motifs is 1. The first-order valence-electron chi connectivity index (χ1n) is 8.37. The van der Waals surface area contributed by atoms with E-state index in [9.17, 15) is 4.79 Å². The van der Waals surface area contributed by atoms with Crippen LogP contribution in [-0.2, 0) is 13.0 Å². The minimum absolute atomic E-state index is 0.230. The molecule has 0 saturated carbocycles. The van der Waals surface area contributed by atoms with Crippen molar-refractivity contribution in [1.82, 2.24) is 15.0 Å². The molecular formula is C19H18N6O. The van der Waals surface area contributed by atoms with Crippen molar-refractivity contribution in [3.8, 4) is 0 Å². The van der Waals surface area contributed by atoms with Crippen LogP contribution in [0.5, 0.6) is 0 Å². The Labute approximate surface area is 150 Å².